The molecule has 0 aliphatic heterocycles. The molecule has 0 bridgehead atoms. The van der Waals surface area contributed by atoms with E-state index in [0.29, 0.717) is 0 Å². The molecule has 0 amide bonds. The van der Waals surface area contributed by atoms with Gasteiger partial charge in [-0.05, 0) is 49.2 Å². The third-order valence-corrected chi connectivity index (χ3v) is 3.70. The summed E-state index contributed by atoms with van der Waals surface area (Å²) in [5.41, 5.74) is 2.43. The van der Waals surface area contributed by atoms with Gasteiger partial charge in [0.15, 0.2) is 0 Å². The summed E-state index contributed by atoms with van der Waals surface area (Å²) in [6.45, 7) is 4.30. The van der Waals surface area contributed by atoms with Crippen LogP contribution in [0.15, 0.2) is 48.5 Å². The Hall–Kier alpha value is -1.51. The van der Waals surface area contributed by atoms with E-state index < -0.39 is 0 Å². The van der Waals surface area contributed by atoms with Crippen molar-refractivity contribution in [2.24, 2.45) is 0 Å². The van der Waals surface area contributed by atoms with E-state index in [-0.39, 0.29) is 12.1 Å². The highest BCUT2D eigenvalue weighted by molar-refractivity contribution is 6.30. The number of nitrogens with one attached hydrogen (secondary N) is 1. The Morgan fingerprint density at radius 1 is 0.950 bits per heavy atom. The fraction of sp³-hybridized carbons (Fsp3) is 0.294. The van der Waals surface area contributed by atoms with Gasteiger partial charge in [-0.15, -0.1) is 0 Å². The molecule has 3 heteroatoms. The molecule has 2 unspecified atom stereocenters. The first-order chi connectivity index (χ1) is 9.60. The highest BCUT2D eigenvalue weighted by atomic mass is 35.5. The number of hydrogen-bond donors (Lipinski definition) is 1. The van der Waals surface area contributed by atoms with Crippen molar-refractivity contribution in [2.75, 3.05) is 7.11 Å². The van der Waals surface area contributed by atoms with Gasteiger partial charge in [0.1, 0.15) is 5.75 Å². The van der Waals surface area contributed by atoms with Crippen LogP contribution in [0, 0.1) is 0 Å². The lowest BCUT2D eigenvalue weighted by Crippen LogP contribution is -2.22. The smallest absolute Gasteiger partial charge is 0.118 e. The molecule has 0 aliphatic rings. The number of hydrogen-bond acceptors (Lipinski definition) is 2. The molecule has 0 fully saturated rings. The van der Waals surface area contributed by atoms with Crippen LogP contribution in [0.4, 0.5) is 0 Å². The highest BCUT2D eigenvalue weighted by Crippen LogP contribution is 2.22. The van der Waals surface area contributed by atoms with Gasteiger partial charge >= 0.3 is 0 Å². The minimum absolute atomic E-state index is 0.241. The quantitative estimate of drug-likeness (QED) is 0.857. The summed E-state index contributed by atoms with van der Waals surface area (Å²) < 4.78 is 5.18. The summed E-state index contributed by atoms with van der Waals surface area (Å²) in [5, 5.41) is 4.35. The standard InChI is InChI=1S/C17H20ClNO/c1-12(14-7-9-17(20-3)10-8-14)19-13(2)15-5-4-6-16(18)11-15/h4-13,19H,1-3H3. The highest BCUT2D eigenvalue weighted by Gasteiger charge is 2.11. The average molecular weight is 290 g/mol. The first kappa shape index (κ1) is 14.9. The second-order valence-electron chi connectivity index (χ2n) is 4.94. The molecule has 0 radical (unpaired) electrons. The van der Waals surface area contributed by atoms with E-state index in [0.717, 1.165) is 10.8 Å². The van der Waals surface area contributed by atoms with Gasteiger partial charge in [-0.3, -0.25) is 0 Å². The maximum absolute atomic E-state index is 6.03. The Bertz CT molecular complexity index is 553. The van der Waals surface area contributed by atoms with Crippen molar-refractivity contribution in [1.82, 2.24) is 5.32 Å². The Balaban J connectivity index is 2.04. The van der Waals surface area contributed by atoms with Crippen molar-refractivity contribution in [2.45, 2.75) is 25.9 Å². The van der Waals surface area contributed by atoms with Gasteiger partial charge in [0.05, 0.1) is 7.11 Å². The Labute approximate surface area is 125 Å². The van der Waals surface area contributed by atoms with Crippen LogP contribution in [0.25, 0.3) is 0 Å². The van der Waals surface area contributed by atoms with Crippen molar-refractivity contribution in [1.29, 1.82) is 0 Å². The number of methoxy groups -OCH3 is 1. The minimum atomic E-state index is 0.241. The molecule has 0 spiro atoms. The molecule has 0 saturated heterocycles. The predicted molar refractivity (Wildman–Crippen MR) is 84.4 cm³/mol. The van der Waals surface area contributed by atoms with E-state index in [9.17, 15) is 0 Å². The predicted octanol–water partition coefficient (Wildman–Crippen LogP) is 4.76. The molecule has 2 aromatic carbocycles. The van der Waals surface area contributed by atoms with Crippen molar-refractivity contribution in [3.8, 4) is 5.75 Å². The molecule has 0 aromatic heterocycles. The summed E-state index contributed by atoms with van der Waals surface area (Å²) in [6.07, 6.45) is 0. The molecular formula is C17H20ClNO. The second kappa shape index (κ2) is 6.78. The van der Waals surface area contributed by atoms with Crippen molar-refractivity contribution in [3.05, 3.63) is 64.7 Å². The monoisotopic (exact) mass is 289 g/mol. The molecule has 0 heterocycles. The summed E-state index contributed by atoms with van der Waals surface area (Å²) in [7, 11) is 1.68. The zero-order valence-corrected chi connectivity index (χ0v) is 12.8. The van der Waals surface area contributed by atoms with Crippen LogP contribution in [-0.2, 0) is 0 Å². The summed E-state index contributed by atoms with van der Waals surface area (Å²) in [6, 6.07) is 16.6. The maximum atomic E-state index is 6.03. The zero-order chi connectivity index (χ0) is 14.5. The van der Waals surface area contributed by atoms with Crippen LogP contribution in [0.3, 0.4) is 0 Å². The lowest BCUT2D eigenvalue weighted by Gasteiger charge is -2.21. The number of rotatable bonds is 5. The number of benzene rings is 2. The molecule has 0 saturated carbocycles. The molecule has 2 atom stereocenters. The Morgan fingerprint density at radius 3 is 2.20 bits per heavy atom. The largest absolute Gasteiger partial charge is 0.497 e. The summed E-state index contributed by atoms with van der Waals surface area (Å²) in [4.78, 5) is 0. The van der Waals surface area contributed by atoms with Gasteiger partial charge in [0.25, 0.3) is 0 Å². The van der Waals surface area contributed by atoms with Gasteiger partial charge in [-0.25, -0.2) is 0 Å². The van der Waals surface area contributed by atoms with Gasteiger partial charge in [-0.1, -0.05) is 35.9 Å². The zero-order valence-electron chi connectivity index (χ0n) is 12.1. The van der Waals surface area contributed by atoms with Crippen LogP contribution in [0.1, 0.15) is 37.1 Å². The first-order valence-corrected chi connectivity index (χ1v) is 7.13. The molecule has 2 nitrogen and oxygen atoms in total. The molecular weight excluding hydrogens is 270 g/mol. The molecule has 2 aromatic rings. The summed E-state index contributed by atoms with van der Waals surface area (Å²) in [5.74, 6) is 0.879. The Kier molecular flexibility index (Phi) is 5.05. The first-order valence-electron chi connectivity index (χ1n) is 6.75. The van der Waals surface area contributed by atoms with Crippen molar-refractivity contribution < 1.29 is 4.74 Å². The molecule has 1 N–H and O–H groups in total. The molecule has 106 valence electrons. The van der Waals surface area contributed by atoms with Crippen molar-refractivity contribution >= 4 is 11.6 Å². The molecule has 2 rings (SSSR count). The van der Waals surface area contributed by atoms with E-state index in [4.69, 9.17) is 16.3 Å². The lowest BCUT2D eigenvalue weighted by molar-refractivity contribution is 0.414. The van der Waals surface area contributed by atoms with E-state index in [1.165, 1.54) is 11.1 Å². The summed E-state index contributed by atoms with van der Waals surface area (Å²) >= 11 is 6.03. The van der Waals surface area contributed by atoms with Gasteiger partial charge < -0.3 is 10.1 Å². The third-order valence-electron chi connectivity index (χ3n) is 3.46. The fourth-order valence-corrected chi connectivity index (χ4v) is 2.43. The maximum Gasteiger partial charge on any atom is 0.118 e. The Morgan fingerprint density at radius 2 is 1.60 bits per heavy atom. The van der Waals surface area contributed by atoms with Crippen LogP contribution in [0.5, 0.6) is 5.75 Å². The topological polar surface area (TPSA) is 21.3 Å². The molecule has 0 aliphatic carbocycles. The van der Waals surface area contributed by atoms with Crippen LogP contribution in [-0.4, -0.2) is 7.11 Å². The van der Waals surface area contributed by atoms with Crippen LogP contribution >= 0.6 is 11.6 Å². The minimum Gasteiger partial charge on any atom is -0.497 e. The second-order valence-corrected chi connectivity index (χ2v) is 5.37. The van der Waals surface area contributed by atoms with Gasteiger partial charge in [0.2, 0.25) is 0 Å². The van der Waals surface area contributed by atoms with Gasteiger partial charge in [0, 0.05) is 17.1 Å². The van der Waals surface area contributed by atoms with Crippen LogP contribution in [0.2, 0.25) is 5.02 Å². The number of ether oxygens (including phenoxy) is 1. The van der Waals surface area contributed by atoms with Gasteiger partial charge in [-0.2, -0.15) is 0 Å². The fourth-order valence-electron chi connectivity index (χ4n) is 2.24. The van der Waals surface area contributed by atoms with Crippen LogP contribution < -0.4 is 10.1 Å². The van der Waals surface area contributed by atoms with E-state index >= 15 is 0 Å². The third kappa shape index (κ3) is 3.75. The molecule has 20 heavy (non-hydrogen) atoms. The average Bonchev–Trinajstić information content (AvgIpc) is 2.47. The van der Waals surface area contributed by atoms with E-state index in [1.54, 1.807) is 7.11 Å². The normalized spacial score (nSPS) is 13.8. The lowest BCUT2D eigenvalue weighted by atomic mass is 10.0. The van der Waals surface area contributed by atoms with Crippen molar-refractivity contribution in [3.63, 3.8) is 0 Å². The van der Waals surface area contributed by atoms with E-state index in [2.05, 4.69) is 37.4 Å². The number of halogens is 1. The SMILES string of the molecule is COc1ccc(C(C)NC(C)c2cccc(Cl)c2)cc1. The van der Waals surface area contributed by atoms with E-state index in [1.807, 2.05) is 30.3 Å².